The molecule has 1 aromatic heterocycles. The van der Waals surface area contributed by atoms with Gasteiger partial charge in [-0.3, -0.25) is 4.98 Å². The van der Waals surface area contributed by atoms with Gasteiger partial charge in [0.15, 0.2) is 0 Å². The normalized spacial score (nSPS) is 11.4. The molecule has 2 aromatic rings. The Hall–Kier alpha value is -2.08. The average Bonchev–Trinajstić information content (AvgIpc) is 2.46. The molecule has 0 amide bonds. The SMILES string of the molecule is OCCc1ccc(NCc2ncccc2C(F)(F)F)cc1. The molecule has 0 spiro atoms. The van der Waals surface area contributed by atoms with E-state index >= 15 is 0 Å². The minimum absolute atomic E-state index is 0.00493. The van der Waals surface area contributed by atoms with Crippen molar-refractivity contribution in [3.8, 4) is 0 Å². The third-order valence-corrected chi connectivity index (χ3v) is 3.01. The highest BCUT2D eigenvalue weighted by Gasteiger charge is 2.33. The lowest BCUT2D eigenvalue weighted by Crippen LogP contribution is -2.13. The number of halogens is 3. The van der Waals surface area contributed by atoms with Crippen LogP contribution in [0.3, 0.4) is 0 Å². The molecule has 3 nitrogen and oxygen atoms in total. The zero-order valence-corrected chi connectivity index (χ0v) is 11.2. The van der Waals surface area contributed by atoms with Crippen LogP contribution in [0.5, 0.6) is 0 Å². The van der Waals surface area contributed by atoms with E-state index in [9.17, 15) is 13.2 Å². The Morgan fingerprint density at radius 3 is 2.43 bits per heavy atom. The molecule has 0 aliphatic heterocycles. The molecule has 0 saturated carbocycles. The van der Waals surface area contributed by atoms with Crippen LogP contribution in [0.15, 0.2) is 42.6 Å². The van der Waals surface area contributed by atoms with Crippen LogP contribution in [0.2, 0.25) is 0 Å². The van der Waals surface area contributed by atoms with Gasteiger partial charge in [0.05, 0.1) is 17.8 Å². The first-order chi connectivity index (χ1) is 10.0. The van der Waals surface area contributed by atoms with Crippen molar-refractivity contribution in [2.24, 2.45) is 0 Å². The molecule has 2 rings (SSSR count). The van der Waals surface area contributed by atoms with Crippen molar-refractivity contribution >= 4 is 5.69 Å². The number of nitrogens with zero attached hydrogens (tertiary/aromatic N) is 1. The molecule has 0 aliphatic rings. The van der Waals surface area contributed by atoms with Gasteiger partial charge in [-0.2, -0.15) is 13.2 Å². The Bertz CT molecular complexity index is 582. The standard InChI is InChI=1S/C15H15F3N2O/c16-15(17,18)13-2-1-8-19-14(13)10-20-12-5-3-11(4-6-12)7-9-21/h1-6,8,20-21H,7,9-10H2. The van der Waals surface area contributed by atoms with E-state index in [0.29, 0.717) is 12.1 Å². The summed E-state index contributed by atoms with van der Waals surface area (Å²) >= 11 is 0. The molecule has 0 atom stereocenters. The minimum atomic E-state index is -4.41. The lowest BCUT2D eigenvalue weighted by Gasteiger charge is -2.13. The number of nitrogens with one attached hydrogen (secondary N) is 1. The van der Waals surface area contributed by atoms with Gasteiger partial charge in [0.1, 0.15) is 0 Å². The predicted octanol–water partition coefficient (Wildman–Crippen LogP) is 3.25. The van der Waals surface area contributed by atoms with Crippen molar-refractivity contribution < 1.29 is 18.3 Å². The van der Waals surface area contributed by atoms with E-state index in [0.717, 1.165) is 11.6 Å². The average molecular weight is 296 g/mol. The second-order valence-corrected chi connectivity index (χ2v) is 4.52. The summed E-state index contributed by atoms with van der Waals surface area (Å²) in [5, 5.41) is 11.7. The van der Waals surface area contributed by atoms with Gasteiger partial charge in [-0.25, -0.2) is 0 Å². The fourth-order valence-corrected chi connectivity index (χ4v) is 1.94. The van der Waals surface area contributed by atoms with E-state index in [-0.39, 0.29) is 18.8 Å². The molecule has 0 fully saturated rings. The van der Waals surface area contributed by atoms with Crippen molar-refractivity contribution in [1.29, 1.82) is 0 Å². The minimum Gasteiger partial charge on any atom is -0.396 e. The number of aromatic nitrogens is 1. The highest BCUT2D eigenvalue weighted by molar-refractivity contribution is 5.45. The summed E-state index contributed by atoms with van der Waals surface area (Å²) < 4.78 is 38.5. The Kier molecular flexibility index (Phi) is 4.80. The largest absolute Gasteiger partial charge is 0.418 e. The maximum Gasteiger partial charge on any atom is 0.418 e. The maximum atomic E-state index is 12.8. The third-order valence-electron chi connectivity index (χ3n) is 3.01. The van der Waals surface area contributed by atoms with Crippen LogP contribution in [-0.4, -0.2) is 16.7 Å². The molecule has 6 heteroatoms. The Labute approximate surface area is 120 Å². The molecule has 0 bridgehead atoms. The molecule has 112 valence electrons. The zero-order valence-electron chi connectivity index (χ0n) is 11.2. The summed E-state index contributed by atoms with van der Waals surface area (Å²) in [5.41, 5.74) is 0.908. The van der Waals surface area contributed by atoms with E-state index in [1.54, 1.807) is 12.1 Å². The van der Waals surface area contributed by atoms with Gasteiger partial charge in [-0.1, -0.05) is 12.1 Å². The topological polar surface area (TPSA) is 45.1 Å². The Balaban J connectivity index is 2.06. The third kappa shape index (κ3) is 4.19. The fourth-order valence-electron chi connectivity index (χ4n) is 1.94. The first-order valence-electron chi connectivity index (χ1n) is 6.45. The van der Waals surface area contributed by atoms with Crippen molar-refractivity contribution in [3.63, 3.8) is 0 Å². The molecule has 1 aromatic carbocycles. The number of rotatable bonds is 5. The van der Waals surface area contributed by atoms with E-state index < -0.39 is 11.7 Å². The van der Waals surface area contributed by atoms with Crippen LogP contribution in [0.1, 0.15) is 16.8 Å². The van der Waals surface area contributed by atoms with Crippen molar-refractivity contribution in [3.05, 3.63) is 59.4 Å². The van der Waals surface area contributed by atoms with Crippen LogP contribution in [-0.2, 0) is 19.1 Å². The molecule has 0 saturated heterocycles. The summed E-state index contributed by atoms with van der Waals surface area (Å²) in [7, 11) is 0. The van der Waals surface area contributed by atoms with Gasteiger partial charge in [-0.15, -0.1) is 0 Å². The van der Waals surface area contributed by atoms with Crippen molar-refractivity contribution in [1.82, 2.24) is 4.98 Å². The van der Waals surface area contributed by atoms with Crippen LogP contribution in [0.4, 0.5) is 18.9 Å². The van der Waals surface area contributed by atoms with E-state index in [2.05, 4.69) is 10.3 Å². The smallest absolute Gasteiger partial charge is 0.396 e. The lowest BCUT2D eigenvalue weighted by atomic mass is 10.1. The number of aliphatic hydroxyl groups excluding tert-OH is 1. The molecule has 1 heterocycles. The molecule has 0 radical (unpaired) electrons. The summed E-state index contributed by atoms with van der Waals surface area (Å²) in [6, 6.07) is 9.47. The number of pyridine rings is 1. The highest BCUT2D eigenvalue weighted by Crippen LogP contribution is 2.31. The van der Waals surface area contributed by atoms with Crippen LogP contribution in [0, 0.1) is 0 Å². The fraction of sp³-hybridized carbons (Fsp3) is 0.267. The number of benzene rings is 1. The van der Waals surface area contributed by atoms with Gasteiger partial charge < -0.3 is 10.4 Å². The van der Waals surface area contributed by atoms with Crippen LogP contribution in [0.25, 0.3) is 0 Å². The second-order valence-electron chi connectivity index (χ2n) is 4.52. The quantitative estimate of drug-likeness (QED) is 0.890. The van der Waals surface area contributed by atoms with Crippen LogP contribution < -0.4 is 5.32 Å². The monoisotopic (exact) mass is 296 g/mol. The lowest BCUT2D eigenvalue weighted by molar-refractivity contribution is -0.138. The summed E-state index contributed by atoms with van der Waals surface area (Å²) in [6.45, 7) is 0.0602. The molecule has 0 unspecified atom stereocenters. The van der Waals surface area contributed by atoms with Crippen molar-refractivity contribution in [2.75, 3.05) is 11.9 Å². The first-order valence-corrected chi connectivity index (χ1v) is 6.45. The van der Waals surface area contributed by atoms with Gasteiger partial charge in [0, 0.05) is 18.5 Å². The summed E-state index contributed by atoms with van der Waals surface area (Å²) in [6.07, 6.45) is -2.51. The number of hydrogen-bond acceptors (Lipinski definition) is 3. The van der Waals surface area contributed by atoms with Gasteiger partial charge in [-0.05, 0) is 36.2 Å². The van der Waals surface area contributed by atoms with Crippen molar-refractivity contribution in [2.45, 2.75) is 19.1 Å². The number of anilines is 1. The Morgan fingerprint density at radius 1 is 1.10 bits per heavy atom. The Morgan fingerprint density at radius 2 is 1.81 bits per heavy atom. The first kappa shape index (κ1) is 15.3. The van der Waals surface area contributed by atoms with E-state index in [1.165, 1.54) is 12.3 Å². The molecular formula is C15H15F3N2O. The second kappa shape index (κ2) is 6.58. The molecule has 21 heavy (non-hydrogen) atoms. The highest BCUT2D eigenvalue weighted by atomic mass is 19.4. The number of hydrogen-bond donors (Lipinski definition) is 2. The molecule has 2 N–H and O–H groups in total. The number of alkyl halides is 3. The van der Waals surface area contributed by atoms with Gasteiger partial charge in [0.25, 0.3) is 0 Å². The maximum absolute atomic E-state index is 12.8. The molecule has 0 aliphatic carbocycles. The zero-order chi connectivity index (χ0) is 15.3. The number of aliphatic hydroxyl groups is 1. The molecular weight excluding hydrogens is 281 g/mol. The van der Waals surface area contributed by atoms with E-state index in [1.807, 2.05) is 12.1 Å². The van der Waals surface area contributed by atoms with Crippen LogP contribution >= 0.6 is 0 Å². The van der Waals surface area contributed by atoms with Gasteiger partial charge in [0.2, 0.25) is 0 Å². The predicted molar refractivity (Wildman–Crippen MR) is 73.8 cm³/mol. The van der Waals surface area contributed by atoms with E-state index in [4.69, 9.17) is 5.11 Å². The summed E-state index contributed by atoms with van der Waals surface area (Å²) in [4.78, 5) is 3.79. The van der Waals surface area contributed by atoms with Gasteiger partial charge >= 0.3 is 6.18 Å². The summed E-state index contributed by atoms with van der Waals surface area (Å²) in [5.74, 6) is 0.